The second-order valence-electron chi connectivity index (χ2n) is 2.66. The van der Waals surface area contributed by atoms with E-state index in [1.54, 1.807) is 18.2 Å². The van der Waals surface area contributed by atoms with Crippen molar-refractivity contribution in [1.82, 2.24) is 20.6 Å². The van der Waals surface area contributed by atoms with Crippen LogP contribution in [0.1, 0.15) is 5.82 Å². The van der Waals surface area contributed by atoms with Crippen LogP contribution in [0.3, 0.4) is 0 Å². The molecule has 1 heterocycles. The fourth-order valence-electron chi connectivity index (χ4n) is 0.936. The molecule has 0 saturated heterocycles. The minimum atomic E-state index is 0.199. The first-order chi connectivity index (χ1) is 7.25. The number of hydrogen-bond donors (Lipinski definition) is 0. The zero-order valence-corrected chi connectivity index (χ0v) is 8.90. The van der Waals surface area contributed by atoms with Crippen molar-refractivity contribution in [3.8, 4) is 5.75 Å². The van der Waals surface area contributed by atoms with Crippen LogP contribution in [-0.4, -0.2) is 15.5 Å². The molecule has 1 aromatic carbocycles. The van der Waals surface area contributed by atoms with Crippen molar-refractivity contribution >= 4 is 23.2 Å². The van der Waals surface area contributed by atoms with Crippen molar-refractivity contribution in [2.45, 2.75) is 6.61 Å². The number of hydrogen-bond acceptors (Lipinski definition) is 4. The topological polar surface area (TPSA) is 62.0 Å². The van der Waals surface area contributed by atoms with Gasteiger partial charge in [0, 0.05) is 11.9 Å². The average Bonchev–Trinajstić information content (AvgIpc) is 2.73. The molecule has 0 N–H and O–H groups in total. The molecule has 7 heteroatoms. The van der Waals surface area contributed by atoms with E-state index in [2.05, 4.69) is 20.6 Å². The predicted octanol–water partition coefficient (Wildman–Crippen LogP) is 1.71. The van der Waals surface area contributed by atoms with Gasteiger partial charge in [0.15, 0.2) is 0 Å². The molecule has 2 aromatic rings. The lowest BCUT2D eigenvalue weighted by Gasteiger charge is -2.06. The number of aromatic nitrogens is 4. The number of ether oxygens (including phenoxy) is 1. The summed E-state index contributed by atoms with van der Waals surface area (Å²) in [6.45, 7) is 0.199. The summed E-state index contributed by atoms with van der Waals surface area (Å²) in [6, 6.07) is 4.98. The molecule has 0 saturated carbocycles. The van der Waals surface area contributed by atoms with Crippen molar-refractivity contribution in [1.29, 1.82) is 0 Å². The van der Waals surface area contributed by atoms with E-state index in [0.717, 1.165) is 0 Å². The smallest absolute Gasteiger partial charge is 0.121 e. The lowest BCUT2D eigenvalue weighted by Crippen LogP contribution is -1.98. The molecule has 0 bridgehead atoms. The zero-order chi connectivity index (χ0) is 10.7. The Labute approximate surface area is 95.3 Å². The number of tetrazole rings is 1. The van der Waals surface area contributed by atoms with E-state index >= 15 is 0 Å². The Morgan fingerprint density at radius 1 is 1.27 bits per heavy atom. The molecule has 15 heavy (non-hydrogen) atoms. The molecule has 0 fully saturated rings. The molecule has 2 rings (SSSR count). The highest BCUT2D eigenvalue weighted by molar-refractivity contribution is 6.42. The van der Waals surface area contributed by atoms with Crippen LogP contribution in [0, 0.1) is 0 Å². The maximum atomic E-state index is 5.81. The Morgan fingerprint density at radius 2 is 2.13 bits per heavy atom. The van der Waals surface area contributed by atoms with Crippen molar-refractivity contribution in [3.05, 3.63) is 34.1 Å². The van der Waals surface area contributed by atoms with E-state index in [9.17, 15) is 0 Å². The van der Waals surface area contributed by atoms with E-state index in [1.165, 1.54) is 0 Å². The molecule has 1 aromatic heterocycles. The molecule has 78 valence electrons. The number of benzene rings is 1. The molecular weight excluding hydrogens is 239 g/mol. The number of rotatable bonds is 3. The van der Waals surface area contributed by atoms with Crippen molar-refractivity contribution in [2.75, 3.05) is 0 Å². The van der Waals surface area contributed by atoms with Crippen LogP contribution in [0.15, 0.2) is 18.2 Å². The molecule has 0 spiro atoms. The molecule has 0 atom stereocenters. The standard InChI is InChI=1S/C8H5Cl2N4O/c9-6-2-1-5(3-7(6)10)15-4-8-11-13-14-12-8/h1-3H,4H2/q-1. The Morgan fingerprint density at radius 3 is 2.80 bits per heavy atom. The van der Waals surface area contributed by atoms with Gasteiger partial charge in [-0.1, -0.05) is 23.2 Å². The van der Waals surface area contributed by atoms with Gasteiger partial charge in [-0.15, -0.1) is 0 Å². The highest BCUT2D eigenvalue weighted by atomic mass is 35.5. The van der Waals surface area contributed by atoms with Crippen LogP contribution in [-0.2, 0) is 6.61 Å². The number of nitrogens with zero attached hydrogens (tertiary/aromatic N) is 4. The van der Waals surface area contributed by atoms with Gasteiger partial charge in [-0.25, -0.2) is 0 Å². The molecular formula is C8H5Cl2N4O-. The van der Waals surface area contributed by atoms with Crippen molar-refractivity contribution < 1.29 is 4.74 Å². The maximum absolute atomic E-state index is 5.81. The Balaban J connectivity index is 2.02. The molecule has 5 nitrogen and oxygen atoms in total. The van der Waals surface area contributed by atoms with E-state index in [4.69, 9.17) is 27.9 Å². The second-order valence-corrected chi connectivity index (χ2v) is 3.47. The van der Waals surface area contributed by atoms with Gasteiger partial charge in [-0.2, -0.15) is 5.21 Å². The Bertz CT molecular complexity index is 446. The molecule has 0 aliphatic carbocycles. The Kier molecular flexibility index (Phi) is 3.03. The van der Waals surface area contributed by atoms with Gasteiger partial charge in [0.05, 0.1) is 10.0 Å². The van der Waals surface area contributed by atoms with E-state index < -0.39 is 0 Å². The summed E-state index contributed by atoms with van der Waals surface area (Å²) in [5.74, 6) is 1.01. The van der Waals surface area contributed by atoms with Crippen LogP contribution in [0.5, 0.6) is 5.75 Å². The van der Waals surface area contributed by atoms with Gasteiger partial charge in [0.1, 0.15) is 12.4 Å². The zero-order valence-electron chi connectivity index (χ0n) is 7.39. The van der Waals surface area contributed by atoms with Gasteiger partial charge in [-0.05, 0) is 12.1 Å². The van der Waals surface area contributed by atoms with Gasteiger partial charge in [0.2, 0.25) is 0 Å². The van der Waals surface area contributed by atoms with Crippen LogP contribution < -0.4 is 9.84 Å². The summed E-state index contributed by atoms with van der Waals surface area (Å²) in [4.78, 5) is 0. The van der Waals surface area contributed by atoms with Crippen molar-refractivity contribution in [3.63, 3.8) is 0 Å². The summed E-state index contributed by atoms with van der Waals surface area (Å²) in [5.41, 5.74) is 0. The van der Waals surface area contributed by atoms with E-state index in [0.29, 0.717) is 21.6 Å². The first kappa shape index (κ1) is 10.2. The molecule has 0 amide bonds. The summed E-state index contributed by atoms with van der Waals surface area (Å²) in [6.07, 6.45) is 0. The fourth-order valence-corrected chi connectivity index (χ4v) is 1.22. The fraction of sp³-hybridized carbons (Fsp3) is 0.125. The number of halogens is 2. The van der Waals surface area contributed by atoms with Gasteiger partial charge >= 0.3 is 0 Å². The normalized spacial score (nSPS) is 10.3. The minimum absolute atomic E-state index is 0.199. The second kappa shape index (κ2) is 4.46. The average molecular weight is 244 g/mol. The highest BCUT2D eigenvalue weighted by Crippen LogP contribution is 2.26. The lowest BCUT2D eigenvalue weighted by molar-refractivity contribution is 0.295. The third kappa shape index (κ3) is 2.57. The third-order valence-electron chi connectivity index (χ3n) is 1.62. The van der Waals surface area contributed by atoms with Crippen LogP contribution in [0.4, 0.5) is 0 Å². The summed E-state index contributed by atoms with van der Waals surface area (Å²) in [7, 11) is 0. The minimum Gasteiger partial charge on any atom is -0.488 e. The monoisotopic (exact) mass is 243 g/mol. The first-order valence-corrected chi connectivity index (χ1v) is 4.77. The van der Waals surface area contributed by atoms with Gasteiger partial charge in [0.25, 0.3) is 0 Å². The SMILES string of the molecule is Clc1ccc(OCc2nnn[n-]2)cc1Cl. The van der Waals surface area contributed by atoms with E-state index in [1.807, 2.05) is 0 Å². The Hall–Kier alpha value is -1.33. The van der Waals surface area contributed by atoms with Gasteiger partial charge in [-0.3, -0.25) is 10.3 Å². The molecule has 0 aliphatic rings. The van der Waals surface area contributed by atoms with Crippen LogP contribution in [0.25, 0.3) is 0 Å². The van der Waals surface area contributed by atoms with Crippen LogP contribution in [0.2, 0.25) is 10.0 Å². The van der Waals surface area contributed by atoms with Crippen molar-refractivity contribution in [2.24, 2.45) is 0 Å². The lowest BCUT2D eigenvalue weighted by atomic mass is 10.3. The molecule has 0 radical (unpaired) electrons. The van der Waals surface area contributed by atoms with Crippen LogP contribution >= 0.6 is 23.2 Å². The summed E-state index contributed by atoms with van der Waals surface area (Å²) >= 11 is 11.6. The molecule has 0 aliphatic heterocycles. The van der Waals surface area contributed by atoms with Gasteiger partial charge < -0.3 is 9.84 Å². The van der Waals surface area contributed by atoms with E-state index in [-0.39, 0.29) is 6.61 Å². The maximum Gasteiger partial charge on any atom is 0.121 e. The molecule has 0 unspecified atom stereocenters. The predicted molar refractivity (Wildman–Crippen MR) is 53.9 cm³/mol. The third-order valence-corrected chi connectivity index (χ3v) is 2.36. The first-order valence-electron chi connectivity index (χ1n) is 4.01. The largest absolute Gasteiger partial charge is 0.488 e. The summed E-state index contributed by atoms with van der Waals surface area (Å²) in [5, 5.41) is 14.8. The highest BCUT2D eigenvalue weighted by Gasteiger charge is 2.00. The summed E-state index contributed by atoms with van der Waals surface area (Å²) < 4.78 is 5.34. The quantitative estimate of drug-likeness (QED) is 0.822.